The third-order valence-electron chi connectivity index (χ3n) is 3.72. The van der Waals surface area contributed by atoms with E-state index in [0.717, 1.165) is 16.8 Å². The molecule has 0 aromatic heterocycles. The van der Waals surface area contributed by atoms with E-state index in [0.29, 0.717) is 6.61 Å². The smallest absolute Gasteiger partial charge is 0.316 e. The number of benzene rings is 1. The predicted molar refractivity (Wildman–Crippen MR) is 75.8 cm³/mol. The molecule has 108 valence electrons. The highest BCUT2D eigenvalue weighted by molar-refractivity contribution is 5.78. The summed E-state index contributed by atoms with van der Waals surface area (Å²) < 4.78 is 0. The Bertz CT molecular complexity index is 513. The number of nitrogens with zero attached hydrogens (tertiary/aromatic N) is 2. The van der Waals surface area contributed by atoms with Gasteiger partial charge in [-0.15, -0.1) is 0 Å². The number of likely N-dealkylation sites (N-methyl/N-ethyl adjacent to an activating group) is 1. The van der Waals surface area contributed by atoms with E-state index >= 15 is 0 Å². The van der Waals surface area contributed by atoms with Crippen LogP contribution in [0.4, 0.5) is 4.79 Å². The summed E-state index contributed by atoms with van der Waals surface area (Å²) in [5, 5.41) is 0. The molecule has 20 heavy (non-hydrogen) atoms. The van der Waals surface area contributed by atoms with Crippen molar-refractivity contribution < 1.29 is 14.6 Å². The van der Waals surface area contributed by atoms with E-state index in [-0.39, 0.29) is 12.1 Å². The number of carbonyl (C=O) groups is 1. The lowest BCUT2D eigenvalue weighted by Crippen LogP contribution is -2.46. The van der Waals surface area contributed by atoms with Crippen molar-refractivity contribution in [2.24, 2.45) is 0 Å². The lowest BCUT2D eigenvalue weighted by atomic mass is 9.94. The van der Waals surface area contributed by atoms with Crippen LogP contribution in [-0.4, -0.2) is 43.6 Å². The lowest BCUT2D eigenvalue weighted by molar-refractivity contribution is -0.266. The monoisotopic (exact) mass is 276 g/mol. The summed E-state index contributed by atoms with van der Waals surface area (Å²) in [6, 6.07) is 9.77. The van der Waals surface area contributed by atoms with Gasteiger partial charge in [0.2, 0.25) is 0 Å². The molecule has 0 saturated carbocycles. The summed E-state index contributed by atoms with van der Waals surface area (Å²) in [7, 11) is 5.05. The Balaban J connectivity index is 2.46. The van der Waals surface area contributed by atoms with Crippen molar-refractivity contribution in [1.29, 1.82) is 0 Å². The van der Waals surface area contributed by atoms with Crippen molar-refractivity contribution in [3.63, 3.8) is 0 Å². The van der Waals surface area contributed by atoms with Gasteiger partial charge in [0.05, 0.1) is 13.2 Å². The fraction of sp³-hybridized carbons (Fsp3) is 0.400. The summed E-state index contributed by atoms with van der Waals surface area (Å²) in [6.07, 6.45) is 0. The van der Waals surface area contributed by atoms with Gasteiger partial charge in [0.25, 0.3) is 0 Å². The van der Waals surface area contributed by atoms with Crippen LogP contribution in [0, 0.1) is 0 Å². The summed E-state index contributed by atoms with van der Waals surface area (Å²) in [5.41, 5.74) is 2.98. The molecular formula is C15H20N2O3. The Morgan fingerprint density at radius 3 is 2.45 bits per heavy atom. The molecule has 0 N–H and O–H groups in total. The minimum Gasteiger partial charge on any atom is -0.316 e. The van der Waals surface area contributed by atoms with Crippen LogP contribution in [0.3, 0.4) is 0 Å². The van der Waals surface area contributed by atoms with Crippen molar-refractivity contribution >= 4 is 6.03 Å². The third-order valence-corrected chi connectivity index (χ3v) is 3.72. The van der Waals surface area contributed by atoms with Crippen molar-refractivity contribution in [3.8, 4) is 0 Å². The van der Waals surface area contributed by atoms with Gasteiger partial charge in [0, 0.05) is 25.4 Å². The number of allylic oxidation sites excluding steroid dienone is 1. The quantitative estimate of drug-likeness (QED) is 0.627. The van der Waals surface area contributed by atoms with Gasteiger partial charge in [-0.2, -0.15) is 0 Å². The highest BCUT2D eigenvalue weighted by atomic mass is 17.2. The zero-order valence-corrected chi connectivity index (χ0v) is 12.3. The van der Waals surface area contributed by atoms with Crippen molar-refractivity contribution in [2.45, 2.75) is 13.0 Å². The second-order valence-electron chi connectivity index (χ2n) is 4.81. The molecule has 1 aromatic carbocycles. The molecule has 0 saturated heterocycles. The van der Waals surface area contributed by atoms with E-state index in [9.17, 15) is 4.79 Å². The van der Waals surface area contributed by atoms with Gasteiger partial charge in [-0.1, -0.05) is 30.3 Å². The van der Waals surface area contributed by atoms with Gasteiger partial charge in [-0.3, -0.25) is 0 Å². The van der Waals surface area contributed by atoms with Crippen LogP contribution in [0.15, 0.2) is 41.6 Å². The number of amides is 2. The van der Waals surface area contributed by atoms with Gasteiger partial charge >= 0.3 is 6.03 Å². The van der Waals surface area contributed by atoms with Gasteiger partial charge in [-0.05, 0) is 12.5 Å². The maximum absolute atomic E-state index is 12.3. The largest absolute Gasteiger partial charge is 0.324 e. The topological polar surface area (TPSA) is 42.0 Å². The molecule has 0 aliphatic carbocycles. The van der Waals surface area contributed by atoms with Crippen LogP contribution >= 0.6 is 0 Å². The zero-order valence-electron chi connectivity index (χ0n) is 12.3. The Morgan fingerprint density at radius 1 is 1.20 bits per heavy atom. The maximum atomic E-state index is 12.3. The maximum Gasteiger partial charge on any atom is 0.324 e. The van der Waals surface area contributed by atoms with E-state index in [2.05, 4.69) is 0 Å². The molecule has 5 nitrogen and oxygen atoms in total. The van der Waals surface area contributed by atoms with Gasteiger partial charge in [-0.25, -0.2) is 14.6 Å². The summed E-state index contributed by atoms with van der Waals surface area (Å²) in [5.74, 6) is 0. The van der Waals surface area contributed by atoms with Gasteiger partial charge in [0.15, 0.2) is 0 Å². The Hall–Kier alpha value is -1.85. The van der Waals surface area contributed by atoms with E-state index in [1.807, 2.05) is 37.3 Å². The number of hydrogen-bond donors (Lipinski definition) is 0. The molecule has 2 rings (SSSR count). The van der Waals surface area contributed by atoms with Gasteiger partial charge < -0.3 is 9.80 Å². The average Bonchev–Trinajstić information content (AvgIpc) is 2.48. The SMILES string of the molecule is COOCC1=C(C)N(C)C(=O)N(C)C1c1ccccc1. The Labute approximate surface area is 119 Å². The minimum atomic E-state index is -0.130. The fourth-order valence-electron chi connectivity index (χ4n) is 2.50. The van der Waals surface area contributed by atoms with Crippen LogP contribution in [0.2, 0.25) is 0 Å². The molecule has 0 fully saturated rings. The number of rotatable bonds is 4. The minimum absolute atomic E-state index is 0.0301. The van der Waals surface area contributed by atoms with E-state index in [4.69, 9.17) is 9.78 Å². The number of hydrogen-bond acceptors (Lipinski definition) is 3. The second kappa shape index (κ2) is 6.07. The van der Waals surface area contributed by atoms with E-state index < -0.39 is 0 Å². The van der Waals surface area contributed by atoms with Crippen molar-refractivity contribution in [3.05, 3.63) is 47.2 Å². The predicted octanol–water partition coefficient (Wildman–Crippen LogP) is 2.58. The molecule has 1 heterocycles. The lowest BCUT2D eigenvalue weighted by Gasteiger charge is -2.40. The van der Waals surface area contributed by atoms with E-state index in [1.165, 1.54) is 7.11 Å². The number of carbonyl (C=O) groups excluding carboxylic acids is 1. The van der Waals surface area contributed by atoms with E-state index in [1.54, 1.807) is 23.9 Å². The zero-order chi connectivity index (χ0) is 14.7. The summed E-state index contributed by atoms with van der Waals surface area (Å²) >= 11 is 0. The molecule has 0 radical (unpaired) electrons. The average molecular weight is 276 g/mol. The van der Waals surface area contributed by atoms with Crippen LogP contribution in [0.1, 0.15) is 18.5 Å². The highest BCUT2D eigenvalue weighted by Crippen LogP contribution is 2.35. The fourth-order valence-corrected chi connectivity index (χ4v) is 2.50. The molecule has 2 amide bonds. The first-order valence-electron chi connectivity index (χ1n) is 6.48. The normalized spacial score (nSPS) is 19.8. The standard InChI is InChI=1S/C15H20N2O3/c1-11-13(10-20-19-4)14(12-8-6-5-7-9-12)17(3)15(18)16(11)2/h5-9,14H,10H2,1-4H3. The molecule has 0 bridgehead atoms. The molecule has 0 spiro atoms. The Kier molecular flexibility index (Phi) is 4.42. The first-order valence-corrected chi connectivity index (χ1v) is 6.48. The van der Waals surface area contributed by atoms with Gasteiger partial charge in [0.1, 0.15) is 6.61 Å². The third kappa shape index (κ3) is 2.55. The van der Waals surface area contributed by atoms with Crippen molar-refractivity contribution in [2.75, 3.05) is 27.8 Å². The second-order valence-corrected chi connectivity index (χ2v) is 4.81. The molecular weight excluding hydrogens is 256 g/mol. The van der Waals surface area contributed by atoms with Crippen LogP contribution in [0.25, 0.3) is 0 Å². The van der Waals surface area contributed by atoms with Crippen LogP contribution in [0.5, 0.6) is 0 Å². The molecule has 1 atom stereocenters. The molecule has 1 aromatic rings. The summed E-state index contributed by atoms with van der Waals surface area (Å²) in [4.78, 5) is 25.5. The molecule has 1 aliphatic heterocycles. The van der Waals surface area contributed by atoms with Crippen LogP contribution < -0.4 is 0 Å². The van der Waals surface area contributed by atoms with Crippen molar-refractivity contribution in [1.82, 2.24) is 9.80 Å². The molecule has 1 unspecified atom stereocenters. The first-order chi connectivity index (χ1) is 9.57. The van der Waals surface area contributed by atoms with Crippen LogP contribution in [-0.2, 0) is 9.78 Å². The number of urea groups is 1. The Morgan fingerprint density at radius 2 is 1.85 bits per heavy atom. The molecule has 1 aliphatic rings. The summed E-state index contributed by atoms with van der Waals surface area (Å²) in [6.45, 7) is 2.25. The first kappa shape index (κ1) is 14.6. The highest BCUT2D eigenvalue weighted by Gasteiger charge is 2.35. The molecule has 5 heteroatoms.